The summed E-state index contributed by atoms with van der Waals surface area (Å²) in [5.41, 5.74) is 1.55. The molecule has 3 rings (SSSR count). The summed E-state index contributed by atoms with van der Waals surface area (Å²) in [6.07, 6.45) is 3.52. The minimum atomic E-state index is 0.0186. The maximum Gasteiger partial charge on any atom is 0.115 e. The van der Waals surface area contributed by atoms with E-state index in [4.69, 9.17) is 4.74 Å². The van der Waals surface area contributed by atoms with E-state index in [-0.39, 0.29) is 5.60 Å². The van der Waals surface area contributed by atoms with E-state index in [0.717, 1.165) is 26.1 Å². The van der Waals surface area contributed by atoms with Crippen molar-refractivity contribution in [1.29, 1.82) is 0 Å². The average molecular weight is 223 g/mol. The molecule has 15 heavy (non-hydrogen) atoms. The van der Waals surface area contributed by atoms with Gasteiger partial charge in [-0.05, 0) is 44.4 Å². The van der Waals surface area contributed by atoms with Crippen LogP contribution in [0.25, 0.3) is 0 Å². The van der Waals surface area contributed by atoms with E-state index < -0.39 is 0 Å². The van der Waals surface area contributed by atoms with Gasteiger partial charge in [-0.25, -0.2) is 0 Å². The number of aryl methyl sites for hydroxylation is 1. The number of thiophene rings is 1. The molecule has 1 unspecified atom stereocenters. The first-order valence-electron chi connectivity index (χ1n) is 5.75. The van der Waals surface area contributed by atoms with Crippen LogP contribution in [0.2, 0.25) is 0 Å². The van der Waals surface area contributed by atoms with Crippen LogP contribution in [0, 0.1) is 6.92 Å². The topological polar surface area (TPSA) is 21.3 Å². The van der Waals surface area contributed by atoms with Gasteiger partial charge in [-0.3, -0.25) is 0 Å². The fourth-order valence-electron chi connectivity index (χ4n) is 2.75. The zero-order chi connectivity index (χ0) is 10.3. The largest absolute Gasteiger partial charge is 0.368 e. The second-order valence-electron chi connectivity index (χ2n) is 4.58. The molecular weight excluding hydrogens is 206 g/mol. The summed E-state index contributed by atoms with van der Waals surface area (Å²) in [4.78, 5) is 2.92. The van der Waals surface area contributed by atoms with Crippen molar-refractivity contribution in [3.8, 4) is 0 Å². The first-order valence-corrected chi connectivity index (χ1v) is 6.56. The molecule has 1 spiro atoms. The van der Waals surface area contributed by atoms with Crippen LogP contribution in [0.3, 0.4) is 0 Å². The second-order valence-corrected chi connectivity index (χ2v) is 5.84. The Morgan fingerprint density at radius 2 is 2.47 bits per heavy atom. The number of hydrogen-bond donors (Lipinski definition) is 1. The van der Waals surface area contributed by atoms with Crippen LogP contribution >= 0.6 is 11.3 Å². The van der Waals surface area contributed by atoms with Crippen LogP contribution in [0.5, 0.6) is 0 Å². The van der Waals surface area contributed by atoms with Crippen molar-refractivity contribution in [3.05, 3.63) is 21.4 Å². The number of ether oxygens (including phenoxy) is 1. The Labute approximate surface area is 94.6 Å². The number of rotatable bonds is 0. The van der Waals surface area contributed by atoms with Crippen molar-refractivity contribution in [3.63, 3.8) is 0 Å². The zero-order valence-electron chi connectivity index (χ0n) is 9.14. The van der Waals surface area contributed by atoms with E-state index >= 15 is 0 Å². The van der Waals surface area contributed by atoms with Crippen molar-refractivity contribution in [2.45, 2.75) is 31.8 Å². The Morgan fingerprint density at radius 1 is 1.53 bits per heavy atom. The molecule has 1 N–H and O–H groups in total. The Balaban J connectivity index is 2.03. The molecule has 3 heteroatoms. The average Bonchev–Trinajstić information content (AvgIpc) is 2.62. The standard InChI is InChI=1S/C12H17NOS/c1-9-7-10-3-6-14-12(11(10)15-9)4-2-5-13-8-12/h7,13H,2-6,8H2,1H3. The highest BCUT2D eigenvalue weighted by Gasteiger charge is 2.40. The summed E-state index contributed by atoms with van der Waals surface area (Å²) in [6.45, 7) is 5.24. The van der Waals surface area contributed by atoms with Gasteiger partial charge in [-0.15, -0.1) is 11.3 Å². The summed E-state index contributed by atoms with van der Waals surface area (Å²) in [5.74, 6) is 0. The zero-order valence-corrected chi connectivity index (χ0v) is 9.95. The molecule has 2 aliphatic rings. The van der Waals surface area contributed by atoms with Crippen molar-refractivity contribution >= 4 is 11.3 Å². The molecule has 0 aromatic carbocycles. The second kappa shape index (κ2) is 3.58. The minimum Gasteiger partial charge on any atom is -0.368 e. The first-order chi connectivity index (χ1) is 7.30. The third-order valence-electron chi connectivity index (χ3n) is 3.44. The molecule has 2 aliphatic heterocycles. The lowest BCUT2D eigenvalue weighted by molar-refractivity contribution is -0.0718. The fraction of sp³-hybridized carbons (Fsp3) is 0.667. The first kappa shape index (κ1) is 9.82. The Hall–Kier alpha value is -0.380. The Kier molecular flexibility index (Phi) is 2.34. The molecular formula is C12H17NOS. The van der Waals surface area contributed by atoms with E-state index in [0.29, 0.717) is 0 Å². The third kappa shape index (κ3) is 1.53. The van der Waals surface area contributed by atoms with E-state index in [9.17, 15) is 0 Å². The molecule has 2 nitrogen and oxygen atoms in total. The van der Waals surface area contributed by atoms with Crippen molar-refractivity contribution < 1.29 is 4.74 Å². The van der Waals surface area contributed by atoms with Gasteiger partial charge < -0.3 is 10.1 Å². The summed E-state index contributed by atoms with van der Waals surface area (Å²) in [5, 5.41) is 3.48. The molecule has 0 radical (unpaired) electrons. The molecule has 0 amide bonds. The van der Waals surface area contributed by atoms with Gasteiger partial charge in [0.15, 0.2) is 0 Å². The monoisotopic (exact) mass is 223 g/mol. The predicted molar refractivity (Wildman–Crippen MR) is 62.5 cm³/mol. The molecule has 0 saturated carbocycles. The Bertz CT molecular complexity index is 366. The van der Waals surface area contributed by atoms with E-state index in [1.165, 1.54) is 28.2 Å². The van der Waals surface area contributed by atoms with Gasteiger partial charge in [0.2, 0.25) is 0 Å². The van der Waals surface area contributed by atoms with Crippen LogP contribution in [-0.4, -0.2) is 19.7 Å². The van der Waals surface area contributed by atoms with Crippen LogP contribution in [0.15, 0.2) is 6.07 Å². The number of fused-ring (bicyclic) bond motifs is 2. The number of nitrogens with one attached hydrogen (secondary N) is 1. The molecule has 82 valence electrons. The smallest absolute Gasteiger partial charge is 0.115 e. The molecule has 1 fully saturated rings. The van der Waals surface area contributed by atoms with Crippen LogP contribution in [-0.2, 0) is 16.8 Å². The normalized spacial score (nSPS) is 30.5. The summed E-state index contributed by atoms with van der Waals surface area (Å²) < 4.78 is 6.09. The summed E-state index contributed by atoms with van der Waals surface area (Å²) >= 11 is 1.93. The van der Waals surface area contributed by atoms with Crippen molar-refractivity contribution in [2.75, 3.05) is 19.7 Å². The minimum absolute atomic E-state index is 0.0186. The number of piperidine rings is 1. The van der Waals surface area contributed by atoms with Crippen LogP contribution in [0.4, 0.5) is 0 Å². The van der Waals surface area contributed by atoms with Gasteiger partial charge in [-0.1, -0.05) is 0 Å². The molecule has 3 heterocycles. The lowest BCUT2D eigenvalue weighted by Crippen LogP contribution is -2.47. The van der Waals surface area contributed by atoms with E-state index in [2.05, 4.69) is 18.3 Å². The lowest BCUT2D eigenvalue weighted by atomic mass is 9.87. The molecule has 0 bridgehead atoms. The predicted octanol–water partition coefficient (Wildman–Crippen LogP) is 2.21. The molecule has 1 atom stereocenters. The quantitative estimate of drug-likeness (QED) is 0.728. The van der Waals surface area contributed by atoms with Crippen molar-refractivity contribution in [2.24, 2.45) is 0 Å². The van der Waals surface area contributed by atoms with Gasteiger partial charge >= 0.3 is 0 Å². The Morgan fingerprint density at radius 3 is 3.27 bits per heavy atom. The van der Waals surface area contributed by atoms with Crippen molar-refractivity contribution in [1.82, 2.24) is 5.32 Å². The van der Waals surface area contributed by atoms with Gasteiger partial charge in [0.05, 0.1) is 6.61 Å². The van der Waals surface area contributed by atoms with Gasteiger partial charge in [-0.2, -0.15) is 0 Å². The van der Waals surface area contributed by atoms with E-state index in [1.807, 2.05) is 11.3 Å². The highest BCUT2D eigenvalue weighted by molar-refractivity contribution is 7.12. The molecule has 0 aliphatic carbocycles. The SMILES string of the molecule is Cc1cc2c(s1)C1(CCCNC1)OCC2. The maximum atomic E-state index is 6.09. The number of hydrogen-bond acceptors (Lipinski definition) is 3. The van der Waals surface area contributed by atoms with Gasteiger partial charge in [0.1, 0.15) is 5.60 Å². The van der Waals surface area contributed by atoms with Gasteiger partial charge in [0, 0.05) is 16.3 Å². The molecule has 1 aromatic rings. The van der Waals surface area contributed by atoms with Crippen LogP contribution in [0.1, 0.15) is 28.2 Å². The van der Waals surface area contributed by atoms with E-state index in [1.54, 1.807) is 0 Å². The molecule has 1 aromatic heterocycles. The highest BCUT2D eigenvalue weighted by Crippen LogP contribution is 2.42. The lowest BCUT2D eigenvalue weighted by Gasteiger charge is -2.40. The fourth-order valence-corrected chi connectivity index (χ4v) is 3.99. The summed E-state index contributed by atoms with van der Waals surface area (Å²) in [7, 11) is 0. The summed E-state index contributed by atoms with van der Waals surface area (Å²) in [6, 6.07) is 2.35. The molecule has 1 saturated heterocycles. The third-order valence-corrected chi connectivity index (χ3v) is 4.72. The highest BCUT2D eigenvalue weighted by atomic mass is 32.1. The van der Waals surface area contributed by atoms with Gasteiger partial charge in [0.25, 0.3) is 0 Å². The van der Waals surface area contributed by atoms with Crippen LogP contribution < -0.4 is 5.32 Å². The maximum absolute atomic E-state index is 6.09.